The fourth-order valence-electron chi connectivity index (χ4n) is 3.89. The number of ether oxygens (including phenoxy) is 8. The van der Waals surface area contributed by atoms with Crippen LogP contribution in [0.5, 0.6) is 11.5 Å². The van der Waals surface area contributed by atoms with E-state index in [1.165, 1.54) is 0 Å². The number of benzene rings is 2. The first-order valence-corrected chi connectivity index (χ1v) is 15.0. The number of carbonyl (C=O) groups excluding carboxylic acids is 2. The molecule has 2 rings (SSSR count). The Hall–Kier alpha value is -3.70. The van der Waals surface area contributed by atoms with E-state index in [0.29, 0.717) is 37.6 Å². The molecular weight excluding hydrogens is 580 g/mol. The minimum Gasteiger partial charge on any atom is -0.491 e. The van der Waals surface area contributed by atoms with Crippen molar-refractivity contribution in [3.8, 4) is 11.5 Å². The van der Waals surface area contributed by atoms with Gasteiger partial charge in [0, 0.05) is 16.6 Å². The zero-order chi connectivity index (χ0) is 33.2. The average Bonchev–Trinajstić information content (AvgIpc) is 3.01. The summed E-state index contributed by atoms with van der Waals surface area (Å²) < 4.78 is 43.7. The summed E-state index contributed by atoms with van der Waals surface area (Å²) in [5, 5.41) is 0. The Morgan fingerprint density at radius 1 is 0.578 bits per heavy atom. The molecule has 10 nitrogen and oxygen atoms in total. The second-order valence-electron chi connectivity index (χ2n) is 10.8. The smallest absolute Gasteiger partial charge is 0.333 e. The summed E-state index contributed by atoms with van der Waals surface area (Å²) in [4.78, 5) is 22.7. The van der Waals surface area contributed by atoms with Gasteiger partial charge in [-0.1, -0.05) is 51.3 Å². The first kappa shape index (κ1) is 37.5. The highest BCUT2D eigenvalue weighted by Crippen LogP contribution is 2.33. The molecule has 2 unspecified atom stereocenters. The zero-order valence-corrected chi connectivity index (χ0v) is 27.4. The third-order valence-electron chi connectivity index (χ3n) is 6.60. The van der Waals surface area contributed by atoms with Crippen molar-refractivity contribution in [2.75, 3.05) is 52.9 Å². The summed E-state index contributed by atoms with van der Waals surface area (Å²) in [6, 6.07) is 16.0. The molecule has 248 valence electrons. The molecule has 0 aliphatic heterocycles. The number of esters is 2. The second-order valence-corrected chi connectivity index (χ2v) is 10.8. The number of hydrogen-bond donors (Lipinski definition) is 0. The van der Waals surface area contributed by atoms with E-state index in [2.05, 4.69) is 51.3 Å². The van der Waals surface area contributed by atoms with Crippen molar-refractivity contribution in [1.29, 1.82) is 0 Å². The van der Waals surface area contributed by atoms with E-state index in [-0.39, 0.29) is 31.8 Å². The summed E-state index contributed by atoms with van der Waals surface area (Å²) in [5.41, 5.74) is 2.76. The normalized spacial score (nSPS) is 12.6. The van der Waals surface area contributed by atoms with Crippen molar-refractivity contribution in [3.63, 3.8) is 0 Å². The molecule has 0 saturated carbocycles. The topological polar surface area (TPSA) is 108 Å². The summed E-state index contributed by atoms with van der Waals surface area (Å²) in [6.07, 6.45) is -0.905. The van der Waals surface area contributed by atoms with Gasteiger partial charge in [0.15, 0.2) is 12.6 Å². The van der Waals surface area contributed by atoms with Crippen LogP contribution in [0.4, 0.5) is 0 Å². The molecule has 0 bridgehead atoms. The number of rotatable bonds is 22. The molecule has 2 aromatic rings. The minimum atomic E-state index is -0.452. The van der Waals surface area contributed by atoms with Gasteiger partial charge < -0.3 is 37.9 Å². The van der Waals surface area contributed by atoms with Crippen LogP contribution in [-0.4, -0.2) is 77.4 Å². The van der Waals surface area contributed by atoms with Gasteiger partial charge in [-0.25, -0.2) is 9.59 Å². The maximum absolute atomic E-state index is 11.4. The Morgan fingerprint density at radius 2 is 0.889 bits per heavy atom. The Balaban J connectivity index is 1.67. The summed E-state index contributed by atoms with van der Waals surface area (Å²) in [5.74, 6) is 0.618. The molecule has 0 amide bonds. The molecule has 45 heavy (non-hydrogen) atoms. The van der Waals surface area contributed by atoms with E-state index in [4.69, 9.17) is 37.9 Å². The molecule has 0 heterocycles. The Labute approximate surface area is 267 Å². The van der Waals surface area contributed by atoms with Gasteiger partial charge >= 0.3 is 11.9 Å². The molecule has 2 atom stereocenters. The highest BCUT2D eigenvalue weighted by atomic mass is 16.7. The summed E-state index contributed by atoms with van der Waals surface area (Å²) >= 11 is 0. The number of carbonyl (C=O) groups is 2. The van der Waals surface area contributed by atoms with Crippen molar-refractivity contribution in [2.24, 2.45) is 0 Å². The maximum atomic E-state index is 11.4. The van der Waals surface area contributed by atoms with Crippen LogP contribution >= 0.6 is 0 Å². The average molecular weight is 629 g/mol. The molecule has 0 aliphatic carbocycles. The second kappa shape index (κ2) is 19.6. The van der Waals surface area contributed by atoms with Crippen LogP contribution in [0.1, 0.15) is 52.7 Å². The predicted octanol–water partition coefficient (Wildman–Crippen LogP) is 5.77. The van der Waals surface area contributed by atoms with Crippen LogP contribution in [0.3, 0.4) is 0 Å². The molecule has 0 N–H and O–H groups in total. The molecule has 2 aromatic carbocycles. The molecule has 0 radical (unpaired) electrons. The molecule has 0 saturated heterocycles. The van der Waals surface area contributed by atoms with Crippen molar-refractivity contribution < 1.29 is 47.5 Å². The number of hydrogen-bond acceptors (Lipinski definition) is 10. The lowest BCUT2D eigenvalue weighted by Gasteiger charge is -2.26. The highest BCUT2D eigenvalue weighted by Gasteiger charge is 2.23. The Bertz CT molecular complexity index is 1110. The third kappa shape index (κ3) is 14.3. The minimum absolute atomic E-state index is 0.141. The third-order valence-corrected chi connectivity index (χ3v) is 6.60. The maximum Gasteiger partial charge on any atom is 0.333 e. The molecule has 0 aromatic heterocycles. The van der Waals surface area contributed by atoms with Gasteiger partial charge in [-0.3, -0.25) is 0 Å². The van der Waals surface area contributed by atoms with Crippen molar-refractivity contribution >= 4 is 11.9 Å². The van der Waals surface area contributed by atoms with Crippen molar-refractivity contribution in [1.82, 2.24) is 0 Å². The summed E-state index contributed by atoms with van der Waals surface area (Å²) in [7, 11) is 0. The largest absolute Gasteiger partial charge is 0.491 e. The molecule has 0 aliphatic rings. The SMILES string of the molecule is C=C(C)C(=O)OCCOC(C)OCCOc1ccc(C(C)(C)c2ccc(OCCOC(C)OCCOC(=O)C(=C)C)cc2)cc1. The van der Waals surface area contributed by atoms with E-state index in [1.807, 2.05) is 24.3 Å². The summed E-state index contributed by atoms with van der Waals surface area (Å²) in [6.45, 7) is 20.3. The van der Waals surface area contributed by atoms with Crippen LogP contribution in [0, 0.1) is 0 Å². The zero-order valence-electron chi connectivity index (χ0n) is 27.4. The first-order chi connectivity index (χ1) is 21.4. The Morgan fingerprint density at radius 3 is 1.20 bits per heavy atom. The van der Waals surface area contributed by atoms with E-state index in [0.717, 1.165) is 22.6 Å². The van der Waals surface area contributed by atoms with Crippen molar-refractivity contribution in [2.45, 2.75) is 59.5 Å². The monoisotopic (exact) mass is 628 g/mol. The quantitative estimate of drug-likeness (QED) is 0.0691. The van der Waals surface area contributed by atoms with Crippen molar-refractivity contribution in [3.05, 3.63) is 84.0 Å². The molecule has 0 spiro atoms. The lowest BCUT2D eigenvalue weighted by Crippen LogP contribution is -2.20. The van der Waals surface area contributed by atoms with Gasteiger partial charge in [0.05, 0.1) is 26.4 Å². The Kier molecular flexibility index (Phi) is 16.4. The van der Waals surface area contributed by atoms with Crippen LogP contribution < -0.4 is 9.47 Å². The molecule has 0 fully saturated rings. The van der Waals surface area contributed by atoms with Gasteiger partial charge in [-0.15, -0.1) is 0 Å². The lowest BCUT2D eigenvalue weighted by molar-refractivity contribution is -0.155. The van der Waals surface area contributed by atoms with Gasteiger partial charge in [-0.2, -0.15) is 0 Å². The fraction of sp³-hybridized carbons (Fsp3) is 0.486. The van der Waals surface area contributed by atoms with Crippen LogP contribution in [0.25, 0.3) is 0 Å². The van der Waals surface area contributed by atoms with Crippen LogP contribution in [-0.2, 0) is 43.4 Å². The standard InChI is InChI=1S/C35H48O10/c1-25(2)33(36)44-23-19-40-27(5)38-17-21-42-31-13-9-29(10-14-31)35(7,8)30-11-15-32(16-12-30)43-22-18-39-28(6)41-20-24-45-34(37)26(3)4/h9-16,27-28H,1,3,17-24H2,2,4-8H3. The highest BCUT2D eigenvalue weighted by molar-refractivity contribution is 5.87. The van der Waals surface area contributed by atoms with Gasteiger partial charge in [0.1, 0.15) is 37.9 Å². The van der Waals surface area contributed by atoms with Crippen LogP contribution in [0.15, 0.2) is 72.8 Å². The van der Waals surface area contributed by atoms with E-state index < -0.39 is 24.5 Å². The first-order valence-electron chi connectivity index (χ1n) is 15.0. The van der Waals surface area contributed by atoms with E-state index in [1.54, 1.807) is 27.7 Å². The van der Waals surface area contributed by atoms with Crippen LogP contribution in [0.2, 0.25) is 0 Å². The molecule has 10 heteroatoms. The van der Waals surface area contributed by atoms with E-state index in [9.17, 15) is 9.59 Å². The van der Waals surface area contributed by atoms with Gasteiger partial charge in [0.25, 0.3) is 0 Å². The van der Waals surface area contributed by atoms with Gasteiger partial charge in [-0.05, 0) is 63.1 Å². The fourth-order valence-corrected chi connectivity index (χ4v) is 3.89. The predicted molar refractivity (Wildman–Crippen MR) is 170 cm³/mol. The molecular formula is C35H48O10. The van der Waals surface area contributed by atoms with E-state index >= 15 is 0 Å². The van der Waals surface area contributed by atoms with Gasteiger partial charge in [0.2, 0.25) is 0 Å². The lowest BCUT2D eigenvalue weighted by atomic mass is 9.78.